The van der Waals surface area contributed by atoms with Crippen LogP contribution in [0.3, 0.4) is 0 Å². The van der Waals surface area contributed by atoms with Crippen molar-refractivity contribution in [2.24, 2.45) is 0 Å². The van der Waals surface area contributed by atoms with E-state index >= 15 is 4.39 Å². The molecule has 0 saturated heterocycles. The van der Waals surface area contributed by atoms with Gasteiger partial charge in [0.1, 0.15) is 29.3 Å². The zero-order valence-electron chi connectivity index (χ0n) is 20.5. The summed E-state index contributed by atoms with van der Waals surface area (Å²) in [6.45, 7) is 3.73. The van der Waals surface area contributed by atoms with Gasteiger partial charge in [-0.05, 0) is 64.5 Å². The molecule has 0 radical (unpaired) electrons. The number of aromatic nitrogens is 5. The van der Waals surface area contributed by atoms with Crippen LogP contribution in [0.2, 0.25) is 5.02 Å². The molecule has 3 aromatic heterocycles. The fourth-order valence-electron chi connectivity index (χ4n) is 3.89. The molecule has 0 aliphatic heterocycles. The van der Waals surface area contributed by atoms with Crippen molar-refractivity contribution in [2.75, 3.05) is 27.2 Å². The topological polar surface area (TPSA) is 78.2 Å². The lowest BCUT2D eigenvalue weighted by Gasteiger charge is -2.12. The van der Waals surface area contributed by atoms with Crippen molar-refractivity contribution in [2.45, 2.75) is 38.3 Å². The van der Waals surface area contributed by atoms with Gasteiger partial charge in [0.05, 0.1) is 24.4 Å². The molecule has 5 rings (SSSR count). The third kappa shape index (κ3) is 5.42. The Bertz CT molecular complexity index is 1390. The summed E-state index contributed by atoms with van der Waals surface area (Å²) in [5.74, 6) is 0.815. The van der Waals surface area contributed by atoms with Crippen LogP contribution in [0.5, 0.6) is 11.6 Å². The molecule has 0 spiro atoms. The second-order valence-corrected chi connectivity index (χ2v) is 9.97. The van der Waals surface area contributed by atoms with Crippen LogP contribution >= 0.6 is 11.6 Å². The van der Waals surface area contributed by atoms with Crippen LogP contribution in [0, 0.1) is 5.82 Å². The van der Waals surface area contributed by atoms with Gasteiger partial charge in [0, 0.05) is 23.8 Å². The van der Waals surface area contributed by atoms with Gasteiger partial charge in [-0.25, -0.2) is 14.4 Å². The fourth-order valence-corrected chi connectivity index (χ4v) is 4.07. The van der Waals surface area contributed by atoms with Crippen molar-refractivity contribution < 1.29 is 13.9 Å². The molecule has 1 saturated carbocycles. The van der Waals surface area contributed by atoms with Crippen molar-refractivity contribution in [3.05, 3.63) is 59.4 Å². The molecule has 4 aromatic rings. The predicted molar refractivity (Wildman–Crippen MR) is 136 cm³/mol. The molecule has 0 bridgehead atoms. The number of rotatable bonds is 10. The van der Waals surface area contributed by atoms with Gasteiger partial charge in [0.25, 0.3) is 0 Å². The lowest BCUT2D eigenvalue weighted by Crippen LogP contribution is -2.15. The Hall–Kier alpha value is -3.30. The molecule has 10 heteroatoms. The smallest absolute Gasteiger partial charge is 0.245 e. The molecule has 8 nitrogen and oxygen atoms in total. The predicted octanol–water partition coefficient (Wildman–Crippen LogP) is 4.99. The summed E-state index contributed by atoms with van der Waals surface area (Å²) in [7, 11) is 4.01. The summed E-state index contributed by atoms with van der Waals surface area (Å²) in [6, 6.07) is 8.29. The molecule has 1 aliphatic rings. The Labute approximate surface area is 214 Å². The van der Waals surface area contributed by atoms with Gasteiger partial charge in [0.2, 0.25) is 5.88 Å². The largest absolute Gasteiger partial charge is 0.493 e. The van der Waals surface area contributed by atoms with Crippen LogP contribution in [-0.4, -0.2) is 62.3 Å². The Morgan fingerprint density at radius 3 is 2.69 bits per heavy atom. The minimum absolute atomic E-state index is 0.253. The number of imidazole rings is 1. The van der Waals surface area contributed by atoms with Gasteiger partial charge >= 0.3 is 0 Å². The highest BCUT2D eigenvalue weighted by Gasteiger charge is 2.41. The van der Waals surface area contributed by atoms with Gasteiger partial charge in [-0.3, -0.25) is 4.98 Å². The third-order valence-electron chi connectivity index (χ3n) is 6.09. The van der Waals surface area contributed by atoms with E-state index < -0.39 is 5.82 Å². The lowest BCUT2D eigenvalue weighted by molar-refractivity contribution is 0.194. The second-order valence-electron chi connectivity index (χ2n) is 9.54. The molecule has 0 N–H and O–H groups in total. The Morgan fingerprint density at radius 1 is 1.14 bits per heavy atom. The van der Waals surface area contributed by atoms with E-state index in [-0.39, 0.29) is 5.60 Å². The average Bonchev–Trinajstić information content (AvgIpc) is 3.45. The molecule has 36 heavy (non-hydrogen) atoms. The number of ether oxygens (including phenoxy) is 2. The van der Waals surface area contributed by atoms with Crippen molar-refractivity contribution >= 4 is 22.8 Å². The normalized spacial score (nSPS) is 14.4. The van der Waals surface area contributed by atoms with E-state index in [1.807, 2.05) is 25.6 Å². The van der Waals surface area contributed by atoms with Gasteiger partial charge in [-0.15, -0.1) is 0 Å². The molecule has 1 aromatic carbocycles. The van der Waals surface area contributed by atoms with Crippen molar-refractivity contribution in [3.8, 4) is 23.0 Å². The molecule has 0 atom stereocenters. The number of fused-ring (bicyclic) bond motifs is 1. The van der Waals surface area contributed by atoms with E-state index in [1.54, 1.807) is 30.5 Å². The summed E-state index contributed by atoms with van der Waals surface area (Å²) < 4.78 is 29.1. The number of benzene rings is 1. The standard InChI is InChI=1S/C26H28ClFN6O2/c1-26(8-9-26)36-25-22-24(30-16-31-25)34(15-18-13-17(27)7-10-29-18)23(32-22)20-6-5-19(14-21(20)28)35-12-4-11-33(2)3/h5-7,10,13-14,16H,4,8-9,11-12,15H2,1-3H3. The van der Waals surface area contributed by atoms with E-state index in [1.165, 1.54) is 12.4 Å². The minimum Gasteiger partial charge on any atom is -0.493 e. The maximum Gasteiger partial charge on any atom is 0.245 e. The number of halogens is 2. The molecule has 1 fully saturated rings. The first-order valence-electron chi connectivity index (χ1n) is 11.9. The van der Waals surface area contributed by atoms with E-state index in [0.717, 1.165) is 25.8 Å². The molecular formula is C26H28ClFN6O2. The number of pyridine rings is 1. The van der Waals surface area contributed by atoms with Crippen LogP contribution in [0.1, 0.15) is 31.9 Å². The summed E-state index contributed by atoms with van der Waals surface area (Å²) >= 11 is 6.19. The zero-order chi connectivity index (χ0) is 25.3. The Morgan fingerprint density at radius 2 is 1.97 bits per heavy atom. The zero-order valence-corrected chi connectivity index (χ0v) is 21.3. The molecule has 188 valence electrons. The molecule has 0 unspecified atom stereocenters. The maximum absolute atomic E-state index is 15.4. The number of nitrogens with zero attached hydrogens (tertiary/aromatic N) is 6. The van der Waals surface area contributed by atoms with Crippen molar-refractivity contribution in [1.82, 2.24) is 29.4 Å². The first-order chi connectivity index (χ1) is 17.3. The van der Waals surface area contributed by atoms with E-state index in [4.69, 9.17) is 26.1 Å². The third-order valence-corrected chi connectivity index (χ3v) is 6.33. The van der Waals surface area contributed by atoms with Crippen LogP contribution in [0.15, 0.2) is 42.9 Å². The molecular weight excluding hydrogens is 483 g/mol. The van der Waals surface area contributed by atoms with E-state index in [9.17, 15) is 0 Å². The van der Waals surface area contributed by atoms with Gasteiger partial charge in [-0.2, -0.15) is 4.98 Å². The summed E-state index contributed by atoms with van der Waals surface area (Å²) in [5.41, 5.74) is 1.77. The average molecular weight is 511 g/mol. The summed E-state index contributed by atoms with van der Waals surface area (Å²) in [5, 5.41) is 0.563. The van der Waals surface area contributed by atoms with Gasteiger partial charge < -0.3 is 18.9 Å². The second kappa shape index (κ2) is 9.99. The lowest BCUT2D eigenvalue weighted by atomic mass is 10.2. The molecule has 0 amide bonds. The van der Waals surface area contributed by atoms with Crippen molar-refractivity contribution in [1.29, 1.82) is 0 Å². The van der Waals surface area contributed by atoms with Gasteiger partial charge in [-0.1, -0.05) is 11.6 Å². The highest BCUT2D eigenvalue weighted by atomic mass is 35.5. The van der Waals surface area contributed by atoms with E-state index in [0.29, 0.717) is 58.0 Å². The number of hydrogen-bond acceptors (Lipinski definition) is 7. The monoisotopic (exact) mass is 510 g/mol. The van der Waals surface area contributed by atoms with Crippen LogP contribution < -0.4 is 9.47 Å². The minimum atomic E-state index is -0.444. The highest BCUT2D eigenvalue weighted by Crippen LogP contribution is 2.41. The number of hydrogen-bond donors (Lipinski definition) is 0. The summed E-state index contributed by atoms with van der Waals surface area (Å²) in [6.07, 6.45) is 5.82. The SMILES string of the molecule is CN(C)CCCOc1ccc(-c2nc3c(OC4(C)CC4)ncnc3n2Cc2cc(Cl)ccn2)c(F)c1. The quantitative estimate of drug-likeness (QED) is 0.278. The Balaban J connectivity index is 1.53. The van der Waals surface area contributed by atoms with Gasteiger partial charge in [0.15, 0.2) is 11.2 Å². The van der Waals surface area contributed by atoms with Crippen LogP contribution in [-0.2, 0) is 6.54 Å². The molecule has 1 aliphatic carbocycles. The van der Waals surface area contributed by atoms with Crippen LogP contribution in [0.25, 0.3) is 22.6 Å². The first-order valence-corrected chi connectivity index (χ1v) is 12.3. The first kappa shape index (κ1) is 24.4. The fraction of sp³-hybridized carbons (Fsp3) is 0.385. The summed E-state index contributed by atoms with van der Waals surface area (Å²) in [4.78, 5) is 20.1. The maximum atomic E-state index is 15.4. The van der Waals surface area contributed by atoms with E-state index in [2.05, 4.69) is 19.9 Å². The molecule has 3 heterocycles. The Kier molecular flexibility index (Phi) is 6.77. The van der Waals surface area contributed by atoms with Crippen molar-refractivity contribution in [3.63, 3.8) is 0 Å². The van der Waals surface area contributed by atoms with Crippen LogP contribution in [0.4, 0.5) is 4.39 Å². The highest BCUT2D eigenvalue weighted by molar-refractivity contribution is 6.30.